The number of nitrogens with zero attached hydrogens (tertiary/aromatic N) is 4. The van der Waals surface area contributed by atoms with Crippen LogP contribution >= 0.6 is 0 Å². The lowest BCUT2D eigenvalue weighted by atomic mass is 10.2. The second kappa shape index (κ2) is 4.52. The smallest absolute Gasteiger partial charge is 0.233 e. The molecule has 0 saturated carbocycles. The van der Waals surface area contributed by atoms with E-state index in [2.05, 4.69) is 20.9 Å². The molecule has 3 heterocycles. The summed E-state index contributed by atoms with van der Waals surface area (Å²) in [5.74, 6) is 1.69. The molecule has 5 nitrogen and oxygen atoms in total. The molecule has 2 aromatic heterocycles. The molecule has 0 fully saturated rings. The molecule has 0 spiro atoms. The lowest BCUT2D eigenvalue weighted by molar-refractivity contribution is 0.306. The average Bonchev–Trinajstić information content (AvgIpc) is 2.91. The van der Waals surface area contributed by atoms with Crippen molar-refractivity contribution in [3.05, 3.63) is 54.6 Å². The molecular weight excluding hydrogens is 252 g/mol. The summed E-state index contributed by atoms with van der Waals surface area (Å²) in [6, 6.07) is 10.1. The van der Waals surface area contributed by atoms with Gasteiger partial charge < -0.3 is 9.64 Å². The molecule has 5 heteroatoms. The third kappa shape index (κ3) is 1.79. The van der Waals surface area contributed by atoms with Crippen LogP contribution < -0.4 is 9.64 Å². The maximum absolute atomic E-state index is 5.68. The van der Waals surface area contributed by atoms with Gasteiger partial charge in [-0.2, -0.15) is 0 Å². The molecule has 1 aliphatic rings. The molecular formula is C15H14N4O. The third-order valence-electron chi connectivity index (χ3n) is 3.54. The van der Waals surface area contributed by atoms with E-state index in [1.165, 1.54) is 0 Å². The van der Waals surface area contributed by atoms with Gasteiger partial charge in [0.15, 0.2) is 0 Å². The molecule has 0 amide bonds. The van der Waals surface area contributed by atoms with Crippen LogP contribution in [0.15, 0.2) is 48.9 Å². The van der Waals surface area contributed by atoms with Crippen molar-refractivity contribution in [2.75, 3.05) is 18.1 Å². The highest BCUT2D eigenvalue weighted by Gasteiger charge is 2.18. The van der Waals surface area contributed by atoms with Crippen molar-refractivity contribution in [1.82, 2.24) is 14.4 Å². The zero-order valence-electron chi connectivity index (χ0n) is 10.9. The summed E-state index contributed by atoms with van der Waals surface area (Å²) in [5.41, 5.74) is 2.27. The Balaban J connectivity index is 1.70. The van der Waals surface area contributed by atoms with Gasteiger partial charge in [0, 0.05) is 12.4 Å². The van der Waals surface area contributed by atoms with Crippen LogP contribution in [0.1, 0.15) is 5.69 Å². The zero-order chi connectivity index (χ0) is 13.4. The summed E-state index contributed by atoms with van der Waals surface area (Å²) in [6.45, 7) is 2.39. The highest BCUT2D eigenvalue weighted by molar-refractivity contribution is 5.59. The lowest BCUT2D eigenvalue weighted by Crippen LogP contribution is -2.32. The second-order valence-corrected chi connectivity index (χ2v) is 4.78. The van der Waals surface area contributed by atoms with Crippen LogP contribution in [0.3, 0.4) is 0 Å². The minimum atomic E-state index is 0.714. The first-order valence-electron chi connectivity index (χ1n) is 6.65. The molecule has 0 bridgehead atoms. The Kier molecular flexibility index (Phi) is 2.55. The molecule has 20 heavy (non-hydrogen) atoms. The van der Waals surface area contributed by atoms with Crippen LogP contribution in [-0.2, 0) is 6.54 Å². The van der Waals surface area contributed by atoms with Crippen molar-refractivity contribution >= 4 is 11.5 Å². The normalized spacial score (nSPS) is 14.1. The summed E-state index contributed by atoms with van der Waals surface area (Å²) in [5, 5.41) is 0. The molecule has 0 N–H and O–H groups in total. The van der Waals surface area contributed by atoms with Gasteiger partial charge >= 0.3 is 0 Å². The predicted molar refractivity (Wildman–Crippen MR) is 76.0 cm³/mol. The van der Waals surface area contributed by atoms with Crippen molar-refractivity contribution in [3.8, 4) is 5.75 Å². The quantitative estimate of drug-likeness (QED) is 0.712. The van der Waals surface area contributed by atoms with Gasteiger partial charge in [-0.15, -0.1) is 0 Å². The summed E-state index contributed by atoms with van der Waals surface area (Å²) < 4.78 is 7.71. The molecule has 100 valence electrons. The number of fused-ring (bicyclic) bond motifs is 2. The van der Waals surface area contributed by atoms with Crippen molar-refractivity contribution in [1.29, 1.82) is 0 Å². The van der Waals surface area contributed by atoms with Gasteiger partial charge in [-0.3, -0.25) is 4.40 Å². The van der Waals surface area contributed by atoms with E-state index in [0.29, 0.717) is 6.61 Å². The molecule has 0 aliphatic carbocycles. The first-order valence-corrected chi connectivity index (χ1v) is 6.65. The second-order valence-electron chi connectivity index (χ2n) is 4.78. The van der Waals surface area contributed by atoms with Crippen LogP contribution in [0, 0.1) is 0 Å². The Morgan fingerprint density at radius 3 is 3.10 bits per heavy atom. The summed E-state index contributed by atoms with van der Waals surface area (Å²) in [6.07, 6.45) is 5.65. The highest BCUT2D eigenvalue weighted by atomic mass is 16.5. The van der Waals surface area contributed by atoms with E-state index in [9.17, 15) is 0 Å². The summed E-state index contributed by atoms with van der Waals surface area (Å²) in [7, 11) is 0. The fraction of sp³-hybridized carbons (Fsp3) is 0.200. The highest BCUT2D eigenvalue weighted by Crippen LogP contribution is 2.31. The van der Waals surface area contributed by atoms with Gasteiger partial charge in [0.25, 0.3) is 0 Å². The Bertz CT molecular complexity index is 752. The fourth-order valence-electron chi connectivity index (χ4n) is 2.58. The Morgan fingerprint density at radius 2 is 2.10 bits per heavy atom. The number of aromatic nitrogens is 3. The number of anilines is 1. The monoisotopic (exact) mass is 266 g/mol. The van der Waals surface area contributed by atoms with E-state index < -0.39 is 0 Å². The molecule has 4 rings (SSSR count). The zero-order valence-corrected chi connectivity index (χ0v) is 10.9. The number of benzene rings is 1. The minimum Gasteiger partial charge on any atom is -0.490 e. The molecule has 0 saturated heterocycles. The number of hydrogen-bond donors (Lipinski definition) is 0. The number of rotatable bonds is 2. The third-order valence-corrected chi connectivity index (χ3v) is 3.54. The number of ether oxygens (including phenoxy) is 1. The molecule has 0 unspecified atom stereocenters. The lowest BCUT2D eigenvalue weighted by Gasteiger charge is -2.30. The van der Waals surface area contributed by atoms with Crippen LogP contribution in [0.25, 0.3) is 5.78 Å². The van der Waals surface area contributed by atoms with Gasteiger partial charge in [-0.05, 0) is 18.2 Å². The van der Waals surface area contributed by atoms with Crippen LogP contribution in [0.5, 0.6) is 5.75 Å². The number of imidazole rings is 1. The van der Waals surface area contributed by atoms with E-state index in [-0.39, 0.29) is 0 Å². The summed E-state index contributed by atoms with van der Waals surface area (Å²) >= 11 is 0. The van der Waals surface area contributed by atoms with E-state index in [0.717, 1.165) is 36.0 Å². The first kappa shape index (κ1) is 11.3. The van der Waals surface area contributed by atoms with Crippen LogP contribution in [0.4, 0.5) is 5.69 Å². The topological polar surface area (TPSA) is 42.7 Å². The van der Waals surface area contributed by atoms with E-state index >= 15 is 0 Å². The van der Waals surface area contributed by atoms with Crippen molar-refractivity contribution in [2.45, 2.75) is 6.54 Å². The maximum atomic E-state index is 5.68. The van der Waals surface area contributed by atoms with E-state index in [1.807, 2.05) is 41.1 Å². The van der Waals surface area contributed by atoms with Crippen molar-refractivity contribution in [2.24, 2.45) is 0 Å². The van der Waals surface area contributed by atoms with Crippen molar-refractivity contribution < 1.29 is 4.74 Å². The van der Waals surface area contributed by atoms with Crippen LogP contribution in [-0.4, -0.2) is 27.5 Å². The van der Waals surface area contributed by atoms with E-state index in [4.69, 9.17) is 4.74 Å². The summed E-state index contributed by atoms with van der Waals surface area (Å²) in [4.78, 5) is 10.9. The maximum Gasteiger partial charge on any atom is 0.233 e. The molecule has 1 aromatic carbocycles. The number of para-hydroxylation sites is 2. The standard InChI is InChI=1S/C15H14N4O/c1-2-5-14-13(4-1)18(8-9-20-14)11-12-10-17-15-16-6-3-7-19(12)15/h1-7,10H,8-9,11H2. The fourth-order valence-corrected chi connectivity index (χ4v) is 2.58. The van der Waals surface area contributed by atoms with Gasteiger partial charge in [0.1, 0.15) is 12.4 Å². The van der Waals surface area contributed by atoms with Crippen LogP contribution in [0.2, 0.25) is 0 Å². The van der Waals surface area contributed by atoms with Gasteiger partial charge in [-0.25, -0.2) is 9.97 Å². The Hall–Kier alpha value is -2.56. The largest absolute Gasteiger partial charge is 0.490 e. The van der Waals surface area contributed by atoms with Crippen molar-refractivity contribution in [3.63, 3.8) is 0 Å². The number of hydrogen-bond acceptors (Lipinski definition) is 4. The molecule has 1 aliphatic heterocycles. The Labute approximate surface area is 116 Å². The average molecular weight is 266 g/mol. The van der Waals surface area contributed by atoms with E-state index in [1.54, 1.807) is 6.20 Å². The molecule has 0 atom stereocenters. The molecule has 0 radical (unpaired) electrons. The SMILES string of the molecule is c1ccc2c(c1)OCCN2Cc1cnc2ncccn12. The van der Waals surface area contributed by atoms with Gasteiger partial charge in [0.05, 0.1) is 30.7 Å². The Morgan fingerprint density at radius 1 is 1.15 bits per heavy atom. The minimum absolute atomic E-state index is 0.714. The van der Waals surface area contributed by atoms with Gasteiger partial charge in [0.2, 0.25) is 5.78 Å². The first-order chi connectivity index (χ1) is 9.92. The predicted octanol–water partition coefficient (Wildman–Crippen LogP) is 2.13. The molecule has 3 aromatic rings. The van der Waals surface area contributed by atoms with Gasteiger partial charge in [-0.1, -0.05) is 12.1 Å².